The Morgan fingerprint density at radius 1 is 0.600 bits per heavy atom. The van der Waals surface area contributed by atoms with Crippen molar-refractivity contribution in [1.82, 2.24) is 9.55 Å². The number of rotatable bonds is 14. The number of hydrogen-bond acceptors (Lipinski definition) is 11. The number of ether oxygens (including phenoxy) is 1. The van der Waals surface area contributed by atoms with Crippen LogP contribution in [0.2, 0.25) is 20.1 Å². The monoisotopic (exact) mass is 1190 g/mol. The molecule has 0 aliphatic rings. The van der Waals surface area contributed by atoms with Gasteiger partial charge < -0.3 is 40.8 Å². The normalized spacial score (nSPS) is 12.4. The maximum atomic E-state index is 13.6. The molecule has 0 saturated carbocycles. The number of halogens is 4. The molecule has 80 heavy (non-hydrogen) atoms. The number of hydrogen-bond donors (Lipinski definition) is 6. The van der Waals surface area contributed by atoms with E-state index >= 15 is 0 Å². The number of anilines is 4. The van der Waals surface area contributed by atoms with Gasteiger partial charge in [0.05, 0.1) is 92.7 Å². The summed E-state index contributed by atoms with van der Waals surface area (Å²) < 4.78 is 47.7. The second kappa shape index (κ2) is 24.6. The molecule has 3 atom stereocenters. The van der Waals surface area contributed by atoms with E-state index in [-0.39, 0.29) is 70.5 Å². The summed E-state index contributed by atoms with van der Waals surface area (Å²) in [5.41, 5.74) is 4.33. The van der Waals surface area contributed by atoms with Crippen LogP contribution in [0, 0.1) is 13.8 Å². The number of amides is 4. The molecule has 16 nitrogen and oxygen atoms in total. The second-order valence-corrected chi connectivity index (χ2v) is 23.7. The van der Waals surface area contributed by atoms with Crippen LogP contribution in [0.25, 0.3) is 27.5 Å². The van der Waals surface area contributed by atoms with Crippen molar-refractivity contribution in [2.75, 3.05) is 28.4 Å². The zero-order chi connectivity index (χ0) is 57.7. The number of fused-ring (bicyclic) bond motifs is 2. The minimum atomic E-state index is -4.21. The zero-order valence-corrected chi connectivity index (χ0v) is 47.6. The Labute approximate surface area is 482 Å². The molecule has 0 fully saturated rings. The number of carbonyl (C=O) groups excluding carboxylic acids is 4. The number of benzene rings is 7. The third-order valence-corrected chi connectivity index (χ3v) is 17.5. The quantitative estimate of drug-likeness (QED) is 0.0560. The van der Waals surface area contributed by atoms with Gasteiger partial charge in [0, 0.05) is 40.9 Å². The molecule has 0 bridgehead atoms. The van der Waals surface area contributed by atoms with Gasteiger partial charge in [0.1, 0.15) is 22.0 Å². The molecule has 3 unspecified atom stereocenters. The smallest absolute Gasteiger partial charge is 0.257 e. The zero-order valence-electron chi connectivity index (χ0n) is 43.0. The van der Waals surface area contributed by atoms with Crippen LogP contribution < -0.4 is 26.0 Å². The maximum Gasteiger partial charge on any atom is 0.257 e. The number of phenols is 2. The van der Waals surface area contributed by atoms with Crippen LogP contribution >= 0.6 is 46.4 Å². The highest BCUT2D eigenvalue weighted by atomic mass is 35.5. The van der Waals surface area contributed by atoms with Crippen LogP contribution in [-0.4, -0.2) is 73.6 Å². The summed E-state index contributed by atoms with van der Waals surface area (Å²) in [5, 5.41) is 30.4. The number of methoxy groups -OCH3 is 1. The van der Waals surface area contributed by atoms with Crippen molar-refractivity contribution in [2.24, 2.45) is 0 Å². The van der Waals surface area contributed by atoms with E-state index in [9.17, 15) is 42.0 Å². The molecule has 7 aromatic carbocycles. The number of carbonyl (C=O) groups is 4. The number of phenolic OH excluding ortho intramolecular Hbond substituents is 2. The Morgan fingerprint density at radius 2 is 1.10 bits per heavy atom. The molecule has 410 valence electrons. The van der Waals surface area contributed by atoms with Crippen LogP contribution in [0.5, 0.6) is 17.4 Å². The van der Waals surface area contributed by atoms with Gasteiger partial charge in [-0.25, -0.2) is 13.4 Å². The van der Waals surface area contributed by atoms with Gasteiger partial charge in [-0.05, 0) is 88.4 Å². The first-order chi connectivity index (χ1) is 38.0. The predicted molar refractivity (Wildman–Crippen MR) is 316 cm³/mol. The minimum Gasteiger partial charge on any atom is -0.506 e. The van der Waals surface area contributed by atoms with Crippen molar-refractivity contribution in [3.63, 3.8) is 0 Å². The van der Waals surface area contributed by atoms with E-state index in [4.69, 9.17) is 51.1 Å². The SMILES string of the molecule is COc1cc(S(=O)(=O)C(C)C(=O)Nc2cc(O)c(NC(=O)c3cc(C)ccc3Cl)cc2Cl)c2ccccc2n1.Cc1ccc(Cl)c(C(=O)Nc2cc(Cl)c(NC(=O)C(C)S(=O)c3cn(-c4ccccc4)c4ccccc34)cc2O)c1. The van der Waals surface area contributed by atoms with Crippen molar-refractivity contribution in [3.8, 4) is 23.1 Å². The van der Waals surface area contributed by atoms with Gasteiger partial charge in [-0.1, -0.05) is 124 Å². The summed E-state index contributed by atoms with van der Waals surface area (Å²) in [6, 6.07) is 39.9. The Kier molecular flexibility index (Phi) is 17.9. The van der Waals surface area contributed by atoms with Crippen LogP contribution in [0.1, 0.15) is 45.7 Å². The predicted octanol–water partition coefficient (Wildman–Crippen LogP) is 13.0. The fourth-order valence-electron chi connectivity index (χ4n) is 8.18. The molecule has 2 heterocycles. The molecule has 0 radical (unpaired) electrons. The van der Waals surface area contributed by atoms with Gasteiger partial charge in [-0.2, -0.15) is 0 Å². The molecule has 9 rings (SSSR count). The Morgan fingerprint density at radius 3 is 1.65 bits per heavy atom. The van der Waals surface area contributed by atoms with E-state index in [1.807, 2.05) is 66.1 Å². The minimum absolute atomic E-state index is 0.0309. The van der Waals surface area contributed by atoms with Gasteiger partial charge in [0.15, 0.2) is 9.84 Å². The third-order valence-electron chi connectivity index (χ3n) is 12.5. The lowest BCUT2D eigenvalue weighted by atomic mass is 10.1. The number of aryl methyl sites for hydroxylation is 2. The van der Waals surface area contributed by atoms with E-state index in [2.05, 4.69) is 26.3 Å². The van der Waals surface area contributed by atoms with E-state index < -0.39 is 60.5 Å². The first-order valence-corrected chi connectivity index (χ1v) is 28.4. The summed E-state index contributed by atoms with van der Waals surface area (Å²) >= 11 is 25.0. The number of aromatic nitrogens is 2. The number of nitrogens with zero attached hydrogens (tertiary/aromatic N) is 2. The molecule has 0 spiro atoms. The molecular formula is C58H48Cl4N6O10S2. The Hall–Kier alpha value is -7.97. The highest BCUT2D eigenvalue weighted by Crippen LogP contribution is 2.38. The van der Waals surface area contributed by atoms with Gasteiger partial charge in [0.2, 0.25) is 17.7 Å². The Balaban J connectivity index is 0.000000211. The summed E-state index contributed by atoms with van der Waals surface area (Å²) in [4.78, 5) is 56.3. The topological polar surface area (TPSA) is 235 Å². The first kappa shape index (κ1) is 58.2. The lowest BCUT2D eigenvalue weighted by Crippen LogP contribution is -2.33. The van der Waals surface area contributed by atoms with E-state index in [0.29, 0.717) is 15.8 Å². The van der Waals surface area contributed by atoms with E-state index in [1.165, 1.54) is 38.3 Å². The van der Waals surface area contributed by atoms with E-state index in [0.717, 1.165) is 33.8 Å². The fraction of sp³-hybridized carbons (Fsp3) is 0.121. The van der Waals surface area contributed by atoms with Gasteiger partial charge in [0.25, 0.3) is 11.8 Å². The number of para-hydroxylation sites is 3. The number of pyridine rings is 1. The summed E-state index contributed by atoms with van der Waals surface area (Å²) in [6.45, 7) is 6.43. The third kappa shape index (κ3) is 12.7. The molecule has 0 aliphatic carbocycles. The van der Waals surface area contributed by atoms with Gasteiger partial charge >= 0.3 is 0 Å². The summed E-state index contributed by atoms with van der Waals surface area (Å²) in [7, 11) is -4.57. The average molecular weight is 1190 g/mol. The Bertz CT molecular complexity index is 4070. The van der Waals surface area contributed by atoms with Crippen molar-refractivity contribution in [1.29, 1.82) is 0 Å². The maximum absolute atomic E-state index is 13.6. The first-order valence-electron chi connectivity index (χ1n) is 24.1. The second-order valence-electron chi connectivity index (χ2n) is 18.1. The van der Waals surface area contributed by atoms with Gasteiger partial charge in [-0.3, -0.25) is 23.4 Å². The van der Waals surface area contributed by atoms with Crippen LogP contribution in [0.4, 0.5) is 22.7 Å². The standard InChI is InChI=1S/C31H25Cl2N3O4S.C27H23Cl2N3O6S/c1-18-12-13-23(32)22(14-18)31(39)35-26-15-24(33)25(16-28(26)37)34-30(38)19(2)41(40)29-17-36(20-8-4-3-5-9-20)27-11-7-6-10-21(27)29;1-14-8-9-18(28)17(10-14)27(35)32-22-11-19(29)21(12-23(22)33)31-26(34)15(2)39(36,37)24-13-25(38-3)30-20-7-5-4-6-16(20)24/h3-17,19,37H,1-2H3,(H,34,38)(H,35,39);4-13,15,33H,1-3H3,(H,31,34)(H,32,35). The lowest BCUT2D eigenvalue weighted by Gasteiger charge is -2.17. The molecule has 22 heteroatoms. The van der Waals surface area contributed by atoms with Crippen LogP contribution in [0.15, 0.2) is 162 Å². The molecule has 9 aromatic rings. The van der Waals surface area contributed by atoms with Crippen LogP contribution in [-0.2, 0) is 30.2 Å². The van der Waals surface area contributed by atoms with Crippen molar-refractivity contribution >= 4 is 135 Å². The molecule has 0 aliphatic heterocycles. The van der Waals surface area contributed by atoms with Gasteiger partial charge in [-0.15, -0.1) is 0 Å². The molecular weight excluding hydrogens is 1150 g/mol. The number of sulfone groups is 1. The summed E-state index contributed by atoms with van der Waals surface area (Å²) in [5.74, 6) is -3.19. The number of nitrogens with one attached hydrogen (secondary N) is 4. The number of aromatic hydroxyl groups is 2. The fourth-order valence-corrected chi connectivity index (χ4v) is 11.7. The highest BCUT2D eigenvalue weighted by Gasteiger charge is 2.33. The van der Waals surface area contributed by atoms with Crippen molar-refractivity contribution < 1.29 is 46.8 Å². The lowest BCUT2D eigenvalue weighted by molar-refractivity contribution is -0.116. The molecule has 0 saturated heterocycles. The van der Waals surface area contributed by atoms with Crippen LogP contribution in [0.3, 0.4) is 0 Å². The van der Waals surface area contributed by atoms with Crippen molar-refractivity contribution in [2.45, 2.75) is 48.0 Å². The molecule has 2 aromatic heterocycles. The summed E-state index contributed by atoms with van der Waals surface area (Å²) in [6.07, 6.45) is 1.79. The average Bonchev–Trinajstić information content (AvgIpc) is 3.88. The molecule has 6 N–H and O–H groups in total. The highest BCUT2D eigenvalue weighted by molar-refractivity contribution is 7.93. The molecule has 4 amide bonds. The van der Waals surface area contributed by atoms with E-state index in [1.54, 1.807) is 80.7 Å². The largest absolute Gasteiger partial charge is 0.506 e. The van der Waals surface area contributed by atoms with Crippen molar-refractivity contribution in [3.05, 3.63) is 194 Å².